The molecule has 122 valence electrons. The van der Waals surface area contributed by atoms with Gasteiger partial charge >= 0.3 is 0 Å². The van der Waals surface area contributed by atoms with Gasteiger partial charge in [-0.3, -0.25) is 9.89 Å². The molecule has 4 nitrogen and oxygen atoms in total. The molecule has 3 heterocycles. The number of halogens is 1. The molecule has 0 saturated carbocycles. The summed E-state index contributed by atoms with van der Waals surface area (Å²) in [4.78, 5) is 15.8. The number of thiophene rings is 1. The summed E-state index contributed by atoms with van der Waals surface area (Å²) in [5.74, 6) is -0.310. The van der Waals surface area contributed by atoms with Crippen LogP contribution in [0.25, 0.3) is 11.3 Å². The van der Waals surface area contributed by atoms with E-state index in [0.717, 1.165) is 28.1 Å². The molecule has 4 rings (SSSR count). The van der Waals surface area contributed by atoms with Gasteiger partial charge in [-0.1, -0.05) is 13.0 Å². The van der Waals surface area contributed by atoms with Crippen molar-refractivity contribution < 1.29 is 9.18 Å². The monoisotopic (exact) mass is 341 g/mol. The van der Waals surface area contributed by atoms with Gasteiger partial charge < -0.3 is 4.90 Å². The molecule has 0 fully saturated rings. The predicted molar refractivity (Wildman–Crippen MR) is 91.5 cm³/mol. The van der Waals surface area contributed by atoms with Crippen LogP contribution in [0.2, 0.25) is 0 Å². The number of carbonyl (C=O) groups is 1. The summed E-state index contributed by atoms with van der Waals surface area (Å²) in [6.07, 6.45) is 0.886. The van der Waals surface area contributed by atoms with Crippen molar-refractivity contribution in [1.29, 1.82) is 0 Å². The first-order chi connectivity index (χ1) is 11.7. The molecule has 1 amide bonds. The molecule has 1 aliphatic heterocycles. The maximum absolute atomic E-state index is 13.2. The van der Waals surface area contributed by atoms with Crippen LogP contribution in [0.15, 0.2) is 41.8 Å². The van der Waals surface area contributed by atoms with Crippen molar-refractivity contribution in [3.8, 4) is 11.3 Å². The van der Waals surface area contributed by atoms with Crippen molar-refractivity contribution in [2.45, 2.75) is 19.4 Å². The Kier molecular flexibility index (Phi) is 3.69. The summed E-state index contributed by atoms with van der Waals surface area (Å²) >= 11 is 1.63. The van der Waals surface area contributed by atoms with Crippen molar-refractivity contribution in [2.75, 3.05) is 6.54 Å². The minimum Gasteiger partial charge on any atom is -0.325 e. The minimum absolute atomic E-state index is 0.0221. The number of aromatic amines is 1. The Morgan fingerprint density at radius 1 is 1.29 bits per heavy atom. The van der Waals surface area contributed by atoms with Crippen LogP contribution < -0.4 is 0 Å². The van der Waals surface area contributed by atoms with Crippen LogP contribution in [0, 0.1) is 5.82 Å². The maximum Gasteiger partial charge on any atom is 0.273 e. The number of rotatable bonds is 4. The molecule has 0 saturated heterocycles. The van der Waals surface area contributed by atoms with E-state index in [9.17, 15) is 9.18 Å². The SMILES string of the molecule is CCCN1C(=O)c2[nH]nc(-c3ccc(F)cc3)c2[C@H]1c1cccs1. The van der Waals surface area contributed by atoms with Crippen molar-refractivity contribution in [1.82, 2.24) is 15.1 Å². The van der Waals surface area contributed by atoms with E-state index in [4.69, 9.17) is 0 Å². The molecule has 24 heavy (non-hydrogen) atoms. The van der Waals surface area contributed by atoms with E-state index < -0.39 is 0 Å². The number of hydrogen-bond donors (Lipinski definition) is 1. The van der Waals surface area contributed by atoms with Gasteiger partial charge in [0, 0.05) is 22.5 Å². The second-order valence-electron chi connectivity index (χ2n) is 5.78. The Morgan fingerprint density at radius 2 is 2.08 bits per heavy atom. The lowest BCUT2D eigenvalue weighted by Gasteiger charge is -2.24. The molecular formula is C18H16FN3OS. The lowest BCUT2D eigenvalue weighted by atomic mass is 10.0. The van der Waals surface area contributed by atoms with Crippen molar-refractivity contribution in [3.63, 3.8) is 0 Å². The summed E-state index contributed by atoms with van der Waals surface area (Å²) in [5.41, 5.74) is 2.96. The van der Waals surface area contributed by atoms with Gasteiger partial charge in [0.15, 0.2) is 0 Å². The smallest absolute Gasteiger partial charge is 0.273 e. The van der Waals surface area contributed by atoms with Gasteiger partial charge in [0.25, 0.3) is 5.91 Å². The number of fused-ring (bicyclic) bond motifs is 1. The van der Waals surface area contributed by atoms with Gasteiger partial charge in [0.05, 0.1) is 11.7 Å². The molecule has 0 radical (unpaired) electrons. The first-order valence-corrected chi connectivity index (χ1v) is 8.77. The van der Waals surface area contributed by atoms with Crippen LogP contribution in [0.3, 0.4) is 0 Å². The molecular weight excluding hydrogens is 325 g/mol. The van der Waals surface area contributed by atoms with Gasteiger partial charge in [-0.25, -0.2) is 4.39 Å². The second-order valence-corrected chi connectivity index (χ2v) is 6.76. The molecule has 1 atom stereocenters. The number of carbonyl (C=O) groups excluding carboxylic acids is 1. The number of amides is 1. The fourth-order valence-electron chi connectivity index (χ4n) is 3.24. The van der Waals surface area contributed by atoms with Crippen molar-refractivity contribution in [2.24, 2.45) is 0 Å². The van der Waals surface area contributed by atoms with Gasteiger partial charge in [-0.15, -0.1) is 11.3 Å². The van der Waals surface area contributed by atoms with E-state index in [2.05, 4.69) is 17.1 Å². The van der Waals surface area contributed by atoms with Gasteiger partial charge in [-0.2, -0.15) is 5.10 Å². The first kappa shape index (κ1) is 15.1. The van der Waals surface area contributed by atoms with Crippen LogP contribution >= 0.6 is 11.3 Å². The standard InChI is InChI=1S/C18H16FN3OS/c1-2-9-22-17(13-4-3-10-24-13)14-15(20-21-16(14)18(22)23)11-5-7-12(19)8-6-11/h3-8,10,17H,2,9H2,1H3,(H,20,21)/t17-/m1/s1. The first-order valence-electron chi connectivity index (χ1n) is 7.89. The Balaban J connectivity index is 1.87. The van der Waals surface area contributed by atoms with Crippen LogP contribution in [0.5, 0.6) is 0 Å². The molecule has 0 bridgehead atoms. The molecule has 0 aliphatic carbocycles. The maximum atomic E-state index is 13.2. The minimum atomic E-state index is -0.288. The third-order valence-corrected chi connectivity index (χ3v) is 5.18. The van der Waals surface area contributed by atoms with Crippen molar-refractivity contribution in [3.05, 3.63) is 63.7 Å². The van der Waals surface area contributed by atoms with E-state index in [1.807, 2.05) is 22.4 Å². The van der Waals surface area contributed by atoms with E-state index in [1.54, 1.807) is 23.5 Å². The van der Waals surface area contributed by atoms with Gasteiger partial charge in [-0.05, 0) is 42.1 Å². The molecule has 0 unspecified atom stereocenters. The Hall–Kier alpha value is -2.47. The van der Waals surface area contributed by atoms with Crippen LogP contribution in [0.4, 0.5) is 4.39 Å². The number of aromatic nitrogens is 2. The quantitative estimate of drug-likeness (QED) is 0.772. The number of hydrogen-bond acceptors (Lipinski definition) is 3. The summed E-state index contributed by atoms with van der Waals surface area (Å²) < 4.78 is 13.2. The summed E-state index contributed by atoms with van der Waals surface area (Å²) in [6.45, 7) is 2.75. The topological polar surface area (TPSA) is 49.0 Å². The Morgan fingerprint density at radius 3 is 2.75 bits per heavy atom. The Labute approximate surface area is 142 Å². The van der Waals surface area contributed by atoms with Crippen LogP contribution in [0.1, 0.15) is 40.3 Å². The lowest BCUT2D eigenvalue weighted by Crippen LogP contribution is -2.29. The highest BCUT2D eigenvalue weighted by Crippen LogP contribution is 2.43. The predicted octanol–water partition coefficient (Wildman–Crippen LogP) is 4.23. The fraction of sp³-hybridized carbons (Fsp3) is 0.222. The Bertz CT molecular complexity index is 870. The average Bonchev–Trinajstić information content (AvgIpc) is 3.29. The summed E-state index contributed by atoms with van der Waals surface area (Å²) in [6, 6.07) is 10.1. The normalized spacial score (nSPS) is 16.7. The number of benzene rings is 1. The van der Waals surface area contributed by atoms with Gasteiger partial charge in [0.1, 0.15) is 11.5 Å². The van der Waals surface area contributed by atoms with E-state index in [1.165, 1.54) is 12.1 Å². The highest BCUT2D eigenvalue weighted by molar-refractivity contribution is 7.10. The van der Waals surface area contributed by atoms with Crippen LogP contribution in [-0.2, 0) is 0 Å². The zero-order valence-electron chi connectivity index (χ0n) is 13.1. The lowest BCUT2D eigenvalue weighted by molar-refractivity contribution is 0.0746. The fourth-order valence-corrected chi connectivity index (χ4v) is 4.08. The number of nitrogens with zero attached hydrogens (tertiary/aromatic N) is 2. The molecule has 1 N–H and O–H groups in total. The summed E-state index contributed by atoms with van der Waals surface area (Å²) in [7, 11) is 0. The highest BCUT2D eigenvalue weighted by Gasteiger charge is 2.42. The molecule has 0 spiro atoms. The third kappa shape index (κ3) is 2.26. The third-order valence-electron chi connectivity index (χ3n) is 4.26. The second kappa shape index (κ2) is 5.87. The van der Waals surface area contributed by atoms with Crippen LogP contribution in [-0.4, -0.2) is 27.5 Å². The average molecular weight is 341 g/mol. The largest absolute Gasteiger partial charge is 0.325 e. The molecule has 1 aromatic carbocycles. The number of nitrogens with one attached hydrogen (secondary N) is 1. The highest BCUT2D eigenvalue weighted by atomic mass is 32.1. The molecule has 1 aliphatic rings. The van der Waals surface area contributed by atoms with Gasteiger partial charge in [0.2, 0.25) is 0 Å². The van der Waals surface area contributed by atoms with E-state index in [0.29, 0.717) is 12.2 Å². The molecule has 6 heteroatoms. The molecule has 2 aromatic heterocycles. The zero-order valence-corrected chi connectivity index (χ0v) is 13.9. The van der Waals surface area contributed by atoms with E-state index in [-0.39, 0.29) is 17.8 Å². The van der Waals surface area contributed by atoms with Crippen molar-refractivity contribution >= 4 is 17.2 Å². The summed E-state index contributed by atoms with van der Waals surface area (Å²) in [5, 5.41) is 9.27. The zero-order chi connectivity index (χ0) is 16.7. The van der Waals surface area contributed by atoms with E-state index >= 15 is 0 Å². The molecule has 3 aromatic rings. The number of H-pyrrole nitrogens is 1.